The zero-order valence-electron chi connectivity index (χ0n) is 12.6. The van der Waals surface area contributed by atoms with Crippen LogP contribution in [0.1, 0.15) is 37.4 Å². The lowest BCUT2D eigenvalue weighted by Gasteiger charge is -2.14. The van der Waals surface area contributed by atoms with Crippen molar-refractivity contribution in [1.29, 1.82) is 0 Å². The predicted octanol–water partition coefficient (Wildman–Crippen LogP) is 5.18. The van der Waals surface area contributed by atoms with E-state index < -0.39 is 0 Å². The van der Waals surface area contributed by atoms with Crippen molar-refractivity contribution < 1.29 is 4.39 Å². The minimum atomic E-state index is -0.179. The van der Waals surface area contributed by atoms with Crippen LogP contribution >= 0.6 is 11.8 Å². The second kappa shape index (κ2) is 8.20. The summed E-state index contributed by atoms with van der Waals surface area (Å²) in [5.74, 6) is 0.683. The summed E-state index contributed by atoms with van der Waals surface area (Å²) in [5, 5.41) is 3.50. The molecule has 0 bridgehead atoms. The van der Waals surface area contributed by atoms with Crippen molar-refractivity contribution in [3.05, 3.63) is 65.5 Å². The van der Waals surface area contributed by atoms with Crippen LogP contribution in [0.15, 0.2) is 53.4 Å². The number of hydrogen-bond donors (Lipinski definition) is 1. The molecule has 0 aliphatic carbocycles. The van der Waals surface area contributed by atoms with Gasteiger partial charge in [-0.25, -0.2) is 4.39 Å². The lowest BCUT2D eigenvalue weighted by molar-refractivity contribution is 0.570. The topological polar surface area (TPSA) is 12.0 Å². The molecule has 1 unspecified atom stereocenters. The maximum Gasteiger partial charge on any atom is 0.123 e. The van der Waals surface area contributed by atoms with Crippen molar-refractivity contribution in [2.75, 3.05) is 6.54 Å². The number of rotatable bonds is 7. The molecule has 3 heteroatoms. The summed E-state index contributed by atoms with van der Waals surface area (Å²) in [6.07, 6.45) is 1.14. The van der Waals surface area contributed by atoms with E-state index >= 15 is 0 Å². The summed E-state index contributed by atoms with van der Waals surface area (Å²) in [4.78, 5) is 1.25. The Kier molecular flexibility index (Phi) is 6.27. The van der Waals surface area contributed by atoms with Crippen LogP contribution in [0.4, 0.5) is 4.39 Å². The Morgan fingerprint density at radius 2 is 1.90 bits per heavy atom. The highest BCUT2D eigenvalue weighted by Crippen LogP contribution is 2.25. The molecule has 0 fully saturated rings. The molecule has 0 aliphatic heterocycles. The highest BCUT2D eigenvalue weighted by atomic mass is 32.2. The summed E-state index contributed by atoms with van der Waals surface area (Å²) in [6.45, 7) is 5.40. The molecule has 1 atom stereocenters. The lowest BCUT2D eigenvalue weighted by atomic mass is 10.1. The number of nitrogens with one attached hydrogen (secondary N) is 1. The van der Waals surface area contributed by atoms with E-state index in [4.69, 9.17) is 0 Å². The molecule has 0 heterocycles. The fourth-order valence-electron chi connectivity index (χ4n) is 2.10. The van der Waals surface area contributed by atoms with Gasteiger partial charge in [0, 0.05) is 16.7 Å². The van der Waals surface area contributed by atoms with E-state index in [1.807, 2.05) is 12.1 Å². The monoisotopic (exact) mass is 303 g/mol. The molecular weight excluding hydrogens is 281 g/mol. The van der Waals surface area contributed by atoms with E-state index in [1.165, 1.54) is 22.6 Å². The molecule has 1 nitrogen and oxygen atoms in total. The Morgan fingerprint density at radius 1 is 1.14 bits per heavy atom. The lowest BCUT2D eigenvalue weighted by Crippen LogP contribution is -2.19. The van der Waals surface area contributed by atoms with Crippen molar-refractivity contribution in [2.45, 2.75) is 37.0 Å². The summed E-state index contributed by atoms with van der Waals surface area (Å²) in [5.41, 5.74) is 2.46. The molecule has 2 aromatic rings. The molecule has 2 rings (SSSR count). The van der Waals surface area contributed by atoms with E-state index in [2.05, 4.69) is 43.4 Å². The third-order valence-electron chi connectivity index (χ3n) is 3.38. The van der Waals surface area contributed by atoms with Crippen LogP contribution in [0.25, 0.3) is 0 Å². The summed E-state index contributed by atoms with van der Waals surface area (Å²) in [6, 6.07) is 15.7. The Balaban J connectivity index is 1.95. The molecule has 1 N–H and O–H groups in total. The first-order chi connectivity index (χ1) is 10.2. The normalized spacial score (nSPS) is 12.3. The molecule has 0 spiro atoms. The van der Waals surface area contributed by atoms with Gasteiger partial charge in [-0.05, 0) is 55.3 Å². The minimum Gasteiger partial charge on any atom is -0.310 e. The molecule has 2 aromatic carbocycles. The van der Waals surface area contributed by atoms with Gasteiger partial charge in [-0.3, -0.25) is 0 Å². The second-order valence-corrected chi connectivity index (χ2v) is 6.21. The van der Waals surface area contributed by atoms with Gasteiger partial charge in [0.15, 0.2) is 0 Å². The van der Waals surface area contributed by atoms with E-state index in [1.54, 1.807) is 11.8 Å². The van der Waals surface area contributed by atoms with E-state index in [-0.39, 0.29) is 5.82 Å². The SMILES string of the molecule is CCCNC(C)c1cccc(SCc2ccc(F)cc2)c1. The zero-order valence-corrected chi connectivity index (χ0v) is 13.4. The minimum absolute atomic E-state index is 0.179. The van der Waals surface area contributed by atoms with Crippen LogP contribution in [0, 0.1) is 5.82 Å². The van der Waals surface area contributed by atoms with Crippen LogP contribution in [-0.2, 0) is 5.75 Å². The Bertz CT molecular complexity index is 553. The fraction of sp³-hybridized carbons (Fsp3) is 0.333. The first-order valence-electron chi connectivity index (χ1n) is 7.39. The van der Waals surface area contributed by atoms with Crippen molar-refractivity contribution in [2.24, 2.45) is 0 Å². The highest BCUT2D eigenvalue weighted by molar-refractivity contribution is 7.98. The van der Waals surface area contributed by atoms with Crippen molar-refractivity contribution >= 4 is 11.8 Å². The summed E-state index contributed by atoms with van der Waals surface area (Å²) >= 11 is 1.78. The van der Waals surface area contributed by atoms with Gasteiger partial charge in [0.1, 0.15) is 5.82 Å². The smallest absolute Gasteiger partial charge is 0.123 e. The Labute approximate surface area is 131 Å². The van der Waals surface area contributed by atoms with Gasteiger partial charge in [0.05, 0.1) is 0 Å². The maximum absolute atomic E-state index is 12.9. The molecule has 0 amide bonds. The molecule has 112 valence electrons. The largest absolute Gasteiger partial charge is 0.310 e. The van der Waals surface area contributed by atoms with Crippen LogP contribution in [0.2, 0.25) is 0 Å². The van der Waals surface area contributed by atoms with Crippen LogP contribution < -0.4 is 5.32 Å². The predicted molar refractivity (Wildman–Crippen MR) is 89.1 cm³/mol. The summed E-state index contributed by atoms with van der Waals surface area (Å²) < 4.78 is 12.9. The van der Waals surface area contributed by atoms with Gasteiger partial charge in [0.2, 0.25) is 0 Å². The quantitative estimate of drug-likeness (QED) is 0.707. The average Bonchev–Trinajstić information content (AvgIpc) is 2.52. The molecular formula is C18H22FNS. The zero-order chi connectivity index (χ0) is 15.1. The van der Waals surface area contributed by atoms with Gasteiger partial charge in [-0.15, -0.1) is 11.8 Å². The van der Waals surface area contributed by atoms with Gasteiger partial charge < -0.3 is 5.32 Å². The van der Waals surface area contributed by atoms with Gasteiger partial charge in [0.25, 0.3) is 0 Å². The van der Waals surface area contributed by atoms with Crippen molar-refractivity contribution in [3.8, 4) is 0 Å². The van der Waals surface area contributed by atoms with E-state index in [0.717, 1.165) is 24.3 Å². The van der Waals surface area contributed by atoms with Gasteiger partial charge in [-0.2, -0.15) is 0 Å². The van der Waals surface area contributed by atoms with Crippen LogP contribution in [0.3, 0.4) is 0 Å². The number of benzene rings is 2. The van der Waals surface area contributed by atoms with Crippen molar-refractivity contribution in [1.82, 2.24) is 5.32 Å². The van der Waals surface area contributed by atoms with Gasteiger partial charge >= 0.3 is 0 Å². The first-order valence-corrected chi connectivity index (χ1v) is 8.38. The Hall–Kier alpha value is -1.32. The van der Waals surface area contributed by atoms with Crippen LogP contribution in [-0.4, -0.2) is 6.54 Å². The molecule has 21 heavy (non-hydrogen) atoms. The third kappa shape index (κ3) is 5.18. The molecule has 0 saturated carbocycles. The van der Waals surface area contributed by atoms with E-state index in [9.17, 15) is 4.39 Å². The molecule has 0 aromatic heterocycles. The number of thioether (sulfide) groups is 1. The molecule has 0 saturated heterocycles. The average molecular weight is 303 g/mol. The third-order valence-corrected chi connectivity index (χ3v) is 4.44. The first kappa shape index (κ1) is 16.1. The fourth-order valence-corrected chi connectivity index (χ4v) is 3.02. The Morgan fingerprint density at radius 3 is 2.62 bits per heavy atom. The molecule has 0 radical (unpaired) electrons. The van der Waals surface area contributed by atoms with E-state index in [0.29, 0.717) is 6.04 Å². The number of hydrogen-bond acceptors (Lipinski definition) is 2. The van der Waals surface area contributed by atoms with Crippen LogP contribution in [0.5, 0.6) is 0 Å². The molecule has 0 aliphatic rings. The number of halogens is 1. The second-order valence-electron chi connectivity index (χ2n) is 5.16. The maximum atomic E-state index is 12.9. The van der Waals surface area contributed by atoms with Gasteiger partial charge in [-0.1, -0.05) is 31.2 Å². The standard InChI is InChI=1S/C18H22FNS/c1-3-11-20-14(2)16-5-4-6-18(12-16)21-13-15-7-9-17(19)10-8-15/h4-10,12,14,20H,3,11,13H2,1-2H3. The van der Waals surface area contributed by atoms with Crippen molar-refractivity contribution in [3.63, 3.8) is 0 Å². The highest BCUT2D eigenvalue weighted by Gasteiger charge is 2.05. The summed E-state index contributed by atoms with van der Waals surface area (Å²) in [7, 11) is 0.